The number of aromatic nitrogens is 1. The number of nitrogens with zero attached hydrogens (tertiary/aromatic N) is 1. The van der Waals surface area contributed by atoms with Crippen LogP contribution in [0.2, 0.25) is 5.02 Å². The van der Waals surface area contributed by atoms with Crippen LogP contribution >= 0.6 is 22.9 Å². The molecular formula is C19H22ClN3O2S. The molecule has 26 heavy (non-hydrogen) atoms. The minimum atomic E-state index is -0.230. The summed E-state index contributed by atoms with van der Waals surface area (Å²) < 4.78 is 0. The van der Waals surface area contributed by atoms with Gasteiger partial charge in [-0.25, -0.2) is 4.98 Å². The van der Waals surface area contributed by atoms with E-state index in [0.29, 0.717) is 28.2 Å². The number of aryl methyl sites for hydroxylation is 1. The van der Waals surface area contributed by atoms with Crippen LogP contribution < -0.4 is 10.6 Å². The normalized spacial score (nSPS) is 15.8. The first-order chi connectivity index (χ1) is 12.4. The number of fused-ring (bicyclic) bond motifs is 1. The summed E-state index contributed by atoms with van der Waals surface area (Å²) in [5.41, 5.74) is 1.33. The molecule has 1 aromatic carbocycles. The maximum atomic E-state index is 12.4. The van der Waals surface area contributed by atoms with E-state index in [2.05, 4.69) is 29.5 Å². The lowest BCUT2D eigenvalue weighted by Gasteiger charge is -2.11. The van der Waals surface area contributed by atoms with Crippen molar-refractivity contribution in [3.8, 4) is 0 Å². The number of benzene rings is 1. The highest BCUT2D eigenvalue weighted by molar-refractivity contribution is 7.16. The van der Waals surface area contributed by atoms with Crippen LogP contribution in [0.3, 0.4) is 0 Å². The molecule has 0 saturated carbocycles. The van der Waals surface area contributed by atoms with Crippen LogP contribution in [0.15, 0.2) is 24.3 Å². The van der Waals surface area contributed by atoms with E-state index in [-0.39, 0.29) is 17.7 Å². The number of hydrogen-bond acceptors (Lipinski definition) is 4. The Hall–Kier alpha value is -1.92. The Labute approximate surface area is 162 Å². The Bertz CT molecular complexity index is 802. The average Bonchev–Trinajstić information content (AvgIpc) is 3.14. The molecule has 2 aromatic rings. The molecule has 0 bridgehead atoms. The van der Waals surface area contributed by atoms with Gasteiger partial charge in [-0.05, 0) is 49.4 Å². The van der Waals surface area contributed by atoms with Crippen molar-refractivity contribution in [3.63, 3.8) is 0 Å². The molecule has 138 valence electrons. The van der Waals surface area contributed by atoms with Gasteiger partial charge in [0.1, 0.15) is 0 Å². The third-order valence-electron chi connectivity index (χ3n) is 4.38. The number of hydrogen-bond donors (Lipinski definition) is 2. The van der Waals surface area contributed by atoms with Gasteiger partial charge in [0.15, 0.2) is 5.13 Å². The molecule has 0 saturated heterocycles. The van der Waals surface area contributed by atoms with Crippen molar-refractivity contribution in [2.75, 3.05) is 11.9 Å². The molecule has 5 nitrogen and oxygen atoms in total. The van der Waals surface area contributed by atoms with E-state index < -0.39 is 0 Å². The first kappa shape index (κ1) is 18.9. The molecule has 2 N–H and O–H groups in total. The van der Waals surface area contributed by atoms with Gasteiger partial charge in [0.2, 0.25) is 5.91 Å². The van der Waals surface area contributed by atoms with Gasteiger partial charge in [0.25, 0.3) is 5.91 Å². The first-order valence-corrected chi connectivity index (χ1v) is 9.97. The van der Waals surface area contributed by atoms with Gasteiger partial charge in [-0.2, -0.15) is 0 Å². The number of halogens is 1. The van der Waals surface area contributed by atoms with E-state index in [1.807, 2.05) is 0 Å². The van der Waals surface area contributed by atoms with Crippen LogP contribution in [0.25, 0.3) is 0 Å². The molecule has 2 amide bonds. The van der Waals surface area contributed by atoms with Crippen molar-refractivity contribution in [2.45, 2.75) is 39.0 Å². The number of amides is 2. The molecule has 1 unspecified atom stereocenters. The number of thiazole rings is 1. The Morgan fingerprint density at radius 3 is 2.73 bits per heavy atom. The molecule has 7 heteroatoms. The lowest BCUT2D eigenvalue weighted by Crippen LogP contribution is -2.30. The van der Waals surface area contributed by atoms with Crippen LogP contribution in [0.4, 0.5) is 5.13 Å². The summed E-state index contributed by atoms with van der Waals surface area (Å²) >= 11 is 7.30. The fourth-order valence-electron chi connectivity index (χ4n) is 2.91. The predicted molar refractivity (Wildman–Crippen MR) is 105 cm³/mol. The van der Waals surface area contributed by atoms with Crippen molar-refractivity contribution in [3.05, 3.63) is 45.4 Å². The quantitative estimate of drug-likeness (QED) is 0.773. The lowest BCUT2D eigenvalue weighted by atomic mass is 10.1. The second kappa shape index (κ2) is 8.18. The summed E-state index contributed by atoms with van der Waals surface area (Å²) in [4.78, 5) is 30.3. The largest absolute Gasteiger partial charge is 0.356 e. The highest BCUT2D eigenvalue weighted by atomic mass is 35.5. The first-order valence-electron chi connectivity index (χ1n) is 8.78. The minimum absolute atomic E-state index is 0.0327. The van der Waals surface area contributed by atoms with E-state index in [4.69, 9.17) is 11.6 Å². The SMILES string of the molecule is CC(C)CCNC(=O)C1CCc2sc(NC(=O)c3ccc(Cl)cc3)nc21. The van der Waals surface area contributed by atoms with Crippen molar-refractivity contribution in [1.82, 2.24) is 10.3 Å². The second-order valence-corrected chi connectivity index (χ2v) is 8.37. The Kier molecular flexibility index (Phi) is 5.94. The standard InChI is InChI=1S/C19H22ClN3O2S/c1-11(2)9-10-21-18(25)14-7-8-15-16(14)22-19(26-15)23-17(24)12-3-5-13(20)6-4-12/h3-6,11,14H,7-10H2,1-2H3,(H,21,25)(H,22,23,24). The summed E-state index contributed by atoms with van der Waals surface area (Å²) in [6, 6.07) is 6.69. The summed E-state index contributed by atoms with van der Waals surface area (Å²) in [7, 11) is 0. The molecule has 1 aliphatic carbocycles. The second-order valence-electron chi connectivity index (χ2n) is 6.85. The van der Waals surface area contributed by atoms with Crippen LogP contribution in [0.5, 0.6) is 0 Å². The van der Waals surface area contributed by atoms with Crippen LogP contribution in [0, 0.1) is 5.92 Å². The predicted octanol–water partition coefficient (Wildman–Crippen LogP) is 4.24. The molecule has 1 heterocycles. The fourth-order valence-corrected chi connectivity index (χ4v) is 4.07. The van der Waals surface area contributed by atoms with Crippen LogP contribution in [-0.4, -0.2) is 23.3 Å². The molecule has 0 radical (unpaired) electrons. The molecule has 1 aliphatic rings. The maximum Gasteiger partial charge on any atom is 0.257 e. The monoisotopic (exact) mass is 391 g/mol. The number of carbonyl (C=O) groups is 2. The van der Waals surface area contributed by atoms with E-state index >= 15 is 0 Å². The van der Waals surface area contributed by atoms with Gasteiger partial charge in [-0.1, -0.05) is 25.4 Å². The van der Waals surface area contributed by atoms with Gasteiger partial charge in [0.05, 0.1) is 11.6 Å². The van der Waals surface area contributed by atoms with Gasteiger partial charge < -0.3 is 5.32 Å². The fraction of sp³-hybridized carbons (Fsp3) is 0.421. The molecular weight excluding hydrogens is 370 g/mol. The zero-order valence-corrected chi connectivity index (χ0v) is 16.4. The summed E-state index contributed by atoms with van der Waals surface area (Å²) in [5.74, 6) is 0.148. The number of carbonyl (C=O) groups excluding carboxylic acids is 2. The third kappa shape index (κ3) is 4.43. The van der Waals surface area contributed by atoms with E-state index in [9.17, 15) is 9.59 Å². The molecule has 1 atom stereocenters. The molecule has 0 fully saturated rings. The highest BCUT2D eigenvalue weighted by Crippen LogP contribution is 2.38. The number of nitrogens with one attached hydrogen (secondary N) is 2. The van der Waals surface area contributed by atoms with Crippen molar-refractivity contribution in [2.24, 2.45) is 5.92 Å². The third-order valence-corrected chi connectivity index (χ3v) is 5.68. The molecule has 3 rings (SSSR count). The van der Waals surface area contributed by atoms with Crippen LogP contribution in [0.1, 0.15) is 53.5 Å². The van der Waals surface area contributed by atoms with Gasteiger partial charge in [-0.15, -0.1) is 11.3 Å². The van der Waals surface area contributed by atoms with Gasteiger partial charge in [-0.3, -0.25) is 14.9 Å². The lowest BCUT2D eigenvalue weighted by molar-refractivity contribution is -0.122. The zero-order valence-electron chi connectivity index (χ0n) is 14.8. The number of anilines is 1. The van der Waals surface area contributed by atoms with E-state index in [0.717, 1.165) is 29.8 Å². The van der Waals surface area contributed by atoms with Crippen LogP contribution in [-0.2, 0) is 11.2 Å². The Balaban J connectivity index is 1.64. The average molecular weight is 392 g/mol. The molecule has 0 spiro atoms. The smallest absolute Gasteiger partial charge is 0.257 e. The Morgan fingerprint density at radius 1 is 1.31 bits per heavy atom. The Morgan fingerprint density at radius 2 is 2.04 bits per heavy atom. The highest BCUT2D eigenvalue weighted by Gasteiger charge is 2.32. The van der Waals surface area contributed by atoms with Gasteiger partial charge in [0, 0.05) is 22.0 Å². The molecule has 0 aliphatic heterocycles. The summed E-state index contributed by atoms with van der Waals surface area (Å²) in [6.45, 7) is 4.96. The molecule has 1 aromatic heterocycles. The van der Waals surface area contributed by atoms with Gasteiger partial charge >= 0.3 is 0 Å². The minimum Gasteiger partial charge on any atom is -0.356 e. The summed E-state index contributed by atoms with van der Waals surface area (Å²) in [6.07, 6.45) is 2.57. The zero-order chi connectivity index (χ0) is 18.7. The number of rotatable bonds is 6. The maximum absolute atomic E-state index is 12.4. The van der Waals surface area contributed by atoms with E-state index in [1.54, 1.807) is 24.3 Å². The van der Waals surface area contributed by atoms with Crippen molar-refractivity contribution >= 4 is 39.9 Å². The van der Waals surface area contributed by atoms with E-state index in [1.165, 1.54) is 11.3 Å². The van der Waals surface area contributed by atoms with Crippen molar-refractivity contribution in [1.29, 1.82) is 0 Å². The summed E-state index contributed by atoms with van der Waals surface area (Å²) in [5, 5.41) is 6.94. The van der Waals surface area contributed by atoms with Crippen molar-refractivity contribution < 1.29 is 9.59 Å². The topological polar surface area (TPSA) is 71.1 Å².